The molecular formula is C8H9BrN2O4S. The number of aromatic nitrogens is 1. The zero-order valence-electron chi connectivity index (χ0n) is 8.05. The number of carboxylic acids is 1. The van der Waals surface area contributed by atoms with Gasteiger partial charge in [0.1, 0.15) is 4.60 Å². The largest absolute Gasteiger partial charge is 0.481 e. The summed E-state index contributed by atoms with van der Waals surface area (Å²) >= 11 is 3.07. The monoisotopic (exact) mass is 308 g/mol. The molecule has 0 aliphatic carbocycles. The molecular weight excluding hydrogens is 300 g/mol. The molecule has 0 aromatic carbocycles. The molecule has 2 N–H and O–H groups in total. The summed E-state index contributed by atoms with van der Waals surface area (Å²) in [6.07, 6.45) is 1.06. The minimum Gasteiger partial charge on any atom is -0.481 e. The van der Waals surface area contributed by atoms with E-state index in [0.717, 1.165) is 0 Å². The van der Waals surface area contributed by atoms with Crippen molar-refractivity contribution in [2.75, 3.05) is 10.5 Å². The van der Waals surface area contributed by atoms with Crippen LogP contribution < -0.4 is 4.72 Å². The fourth-order valence-electron chi connectivity index (χ4n) is 0.902. The predicted molar refractivity (Wildman–Crippen MR) is 61.6 cm³/mol. The molecule has 1 rings (SSSR count). The molecule has 0 saturated heterocycles. The highest BCUT2D eigenvalue weighted by Crippen LogP contribution is 2.19. The maximum Gasteiger partial charge on any atom is 0.304 e. The minimum atomic E-state index is -3.65. The number of anilines is 1. The fourth-order valence-corrected chi connectivity index (χ4v) is 2.43. The van der Waals surface area contributed by atoms with Crippen LogP contribution in [0.25, 0.3) is 0 Å². The Labute approximate surface area is 101 Å². The lowest BCUT2D eigenvalue weighted by molar-refractivity contribution is -0.136. The quantitative estimate of drug-likeness (QED) is 0.793. The van der Waals surface area contributed by atoms with Crippen LogP contribution in [0, 0.1) is 0 Å². The molecule has 0 atom stereocenters. The van der Waals surface area contributed by atoms with E-state index in [0.29, 0.717) is 4.60 Å². The van der Waals surface area contributed by atoms with Crippen LogP contribution in [0.15, 0.2) is 22.9 Å². The third kappa shape index (κ3) is 4.15. The number of nitrogens with zero attached hydrogens (tertiary/aromatic N) is 1. The first-order chi connectivity index (χ1) is 7.41. The molecule has 0 amide bonds. The molecule has 16 heavy (non-hydrogen) atoms. The van der Waals surface area contributed by atoms with E-state index in [4.69, 9.17) is 5.11 Å². The topological polar surface area (TPSA) is 96.4 Å². The molecule has 0 spiro atoms. The van der Waals surface area contributed by atoms with Crippen molar-refractivity contribution in [2.24, 2.45) is 0 Å². The van der Waals surface area contributed by atoms with Gasteiger partial charge >= 0.3 is 5.97 Å². The second kappa shape index (κ2) is 5.26. The van der Waals surface area contributed by atoms with Crippen LogP contribution in [-0.4, -0.2) is 30.2 Å². The molecule has 8 heteroatoms. The minimum absolute atomic E-state index is 0.285. The summed E-state index contributed by atoms with van der Waals surface area (Å²) in [6, 6.07) is 3.09. The van der Waals surface area contributed by atoms with Gasteiger partial charge in [0.2, 0.25) is 10.0 Å². The molecule has 6 nitrogen and oxygen atoms in total. The summed E-state index contributed by atoms with van der Waals surface area (Å²) in [7, 11) is -3.65. The number of pyridine rings is 1. The second-order valence-electron chi connectivity index (χ2n) is 2.91. The highest BCUT2D eigenvalue weighted by Gasteiger charge is 2.14. The number of aliphatic carboxylic acids is 1. The van der Waals surface area contributed by atoms with Gasteiger partial charge in [-0.25, -0.2) is 13.4 Å². The van der Waals surface area contributed by atoms with E-state index in [2.05, 4.69) is 25.6 Å². The Balaban J connectivity index is 2.73. The maximum atomic E-state index is 11.4. The van der Waals surface area contributed by atoms with Gasteiger partial charge in [0.15, 0.2) is 0 Å². The fraction of sp³-hybridized carbons (Fsp3) is 0.250. The lowest BCUT2D eigenvalue weighted by atomic mass is 10.4. The average Bonchev–Trinajstić information content (AvgIpc) is 2.19. The highest BCUT2D eigenvalue weighted by atomic mass is 79.9. The predicted octanol–water partition coefficient (Wildman–Crippen LogP) is 1.06. The lowest BCUT2D eigenvalue weighted by Crippen LogP contribution is -2.19. The van der Waals surface area contributed by atoms with Crippen LogP contribution >= 0.6 is 15.9 Å². The number of hydrogen-bond donors (Lipinski definition) is 2. The van der Waals surface area contributed by atoms with Crippen molar-refractivity contribution in [3.05, 3.63) is 22.9 Å². The molecule has 0 bridgehead atoms. The van der Waals surface area contributed by atoms with Gasteiger partial charge in [-0.05, 0) is 28.1 Å². The van der Waals surface area contributed by atoms with E-state index in [1.165, 1.54) is 12.3 Å². The Morgan fingerprint density at radius 1 is 1.56 bits per heavy atom. The first kappa shape index (κ1) is 12.9. The van der Waals surface area contributed by atoms with Crippen molar-refractivity contribution < 1.29 is 18.3 Å². The number of rotatable bonds is 5. The highest BCUT2D eigenvalue weighted by molar-refractivity contribution is 9.10. The van der Waals surface area contributed by atoms with Crippen molar-refractivity contribution in [1.82, 2.24) is 4.98 Å². The Kier molecular flexibility index (Phi) is 4.25. The van der Waals surface area contributed by atoms with E-state index in [1.54, 1.807) is 6.07 Å². The zero-order valence-corrected chi connectivity index (χ0v) is 10.5. The standard InChI is InChI=1S/C8H9BrN2O4S/c9-8-6(2-1-4-10-8)11-16(14,15)5-3-7(12)13/h1-2,4,11H,3,5H2,(H,12,13). The van der Waals surface area contributed by atoms with E-state index in [1.807, 2.05) is 0 Å². The van der Waals surface area contributed by atoms with E-state index >= 15 is 0 Å². The van der Waals surface area contributed by atoms with Crippen LogP contribution in [0.3, 0.4) is 0 Å². The smallest absolute Gasteiger partial charge is 0.304 e. The van der Waals surface area contributed by atoms with Crippen molar-refractivity contribution in [3.8, 4) is 0 Å². The first-order valence-corrected chi connectivity index (χ1v) is 6.68. The molecule has 1 aromatic heterocycles. The average molecular weight is 309 g/mol. The number of nitrogens with one attached hydrogen (secondary N) is 1. The maximum absolute atomic E-state index is 11.4. The Morgan fingerprint density at radius 3 is 2.81 bits per heavy atom. The first-order valence-electron chi connectivity index (χ1n) is 4.23. The number of carboxylic acid groups (broad SMARTS) is 1. The summed E-state index contributed by atoms with van der Waals surface area (Å²) in [4.78, 5) is 14.1. The number of sulfonamides is 1. The Bertz CT molecular complexity index is 489. The van der Waals surface area contributed by atoms with Crippen molar-refractivity contribution >= 4 is 37.6 Å². The third-order valence-corrected chi connectivity index (χ3v) is 3.51. The molecule has 1 heterocycles. The molecule has 0 fully saturated rings. The number of carbonyl (C=O) groups is 1. The molecule has 0 saturated carbocycles. The van der Waals surface area contributed by atoms with Crippen LogP contribution in [0.1, 0.15) is 6.42 Å². The normalized spacial score (nSPS) is 11.1. The molecule has 88 valence electrons. The molecule has 0 aliphatic rings. The lowest BCUT2D eigenvalue weighted by Gasteiger charge is -2.07. The zero-order chi connectivity index (χ0) is 12.2. The summed E-state index contributed by atoms with van der Waals surface area (Å²) < 4.78 is 25.5. The van der Waals surface area contributed by atoms with Gasteiger partial charge in [-0.1, -0.05) is 0 Å². The van der Waals surface area contributed by atoms with Crippen LogP contribution in [0.5, 0.6) is 0 Å². The second-order valence-corrected chi connectivity index (χ2v) is 5.50. The summed E-state index contributed by atoms with van der Waals surface area (Å²) in [6.45, 7) is 0. The van der Waals surface area contributed by atoms with E-state index in [9.17, 15) is 13.2 Å². The Hall–Kier alpha value is -1.15. The molecule has 0 aliphatic heterocycles. The van der Waals surface area contributed by atoms with E-state index in [-0.39, 0.29) is 5.69 Å². The molecule has 0 radical (unpaired) electrons. The molecule has 0 unspecified atom stereocenters. The van der Waals surface area contributed by atoms with Crippen molar-refractivity contribution in [3.63, 3.8) is 0 Å². The van der Waals surface area contributed by atoms with Gasteiger partial charge in [0.05, 0.1) is 17.9 Å². The van der Waals surface area contributed by atoms with Crippen LogP contribution in [0.4, 0.5) is 5.69 Å². The number of hydrogen-bond acceptors (Lipinski definition) is 4. The Morgan fingerprint density at radius 2 is 2.25 bits per heavy atom. The summed E-state index contributed by atoms with van der Waals surface area (Å²) in [5.41, 5.74) is 0.285. The van der Waals surface area contributed by atoms with Gasteiger partial charge in [-0.15, -0.1) is 0 Å². The van der Waals surface area contributed by atoms with Crippen LogP contribution in [-0.2, 0) is 14.8 Å². The van der Waals surface area contributed by atoms with Crippen molar-refractivity contribution in [1.29, 1.82) is 0 Å². The summed E-state index contributed by atoms with van der Waals surface area (Å²) in [5, 5.41) is 8.38. The van der Waals surface area contributed by atoms with Crippen molar-refractivity contribution in [2.45, 2.75) is 6.42 Å². The van der Waals surface area contributed by atoms with Gasteiger partial charge in [0.25, 0.3) is 0 Å². The van der Waals surface area contributed by atoms with Gasteiger partial charge in [0, 0.05) is 6.20 Å². The molecule has 1 aromatic rings. The van der Waals surface area contributed by atoms with Gasteiger partial charge < -0.3 is 5.11 Å². The third-order valence-electron chi connectivity index (χ3n) is 1.61. The SMILES string of the molecule is O=C(O)CCS(=O)(=O)Nc1cccnc1Br. The van der Waals surface area contributed by atoms with E-state index < -0.39 is 28.2 Å². The summed E-state index contributed by atoms with van der Waals surface area (Å²) in [5.74, 6) is -1.63. The number of halogens is 1. The van der Waals surface area contributed by atoms with Gasteiger partial charge in [-0.2, -0.15) is 0 Å². The van der Waals surface area contributed by atoms with Gasteiger partial charge in [-0.3, -0.25) is 9.52 Å². The van der Waals surface area contributed by atoms with Crippen LogP contribution in [0.2, 0.25) is 0 Å².